The zero-order chi connectivity index (χ0) is 17.9. The third-order valence-corrected chi connectivity index (χ3v) is 4.02. The van der Waals surface area contributed by atoms with Crippen LogP contribution in [0.5, 0.6) is 0 Å². The molecule has 7 nitrogen and oxygen atoms in total. The first-order valence-corrected chi connectivity index (χ1v) is 8.34. The van der Waals surface area contributed by atoms with Gasteiger partial charge in [0.2, 0.25) is 0 Å². The average Bonchev–Trinajstić information content (AvgIpc) is 2.87. The van der Waals surface area contributed by atoms with Crippen molar-refractivity contribution in [2.45, 2.75) is 52.1 Å². The van der Waals surface area contributed by atoms with Gasteiger partial charge in [0.25, 0.3) is 0 Å². The molecule has 0 unspecified atom stereocenters. The summed E-state index contributed by atoms with van der Waals surface area (Å²) in [6.45, 7) is 8.85. The Kier molecular flexibility index (Phi) is 5.41. The highest BCUT2D eigenvalue weighted by Crippen LogP contribution is 2.34. The number of rotatable bonds is 3. The fourth-order valence-corrected chi connectivity index (χ4v) is 2.86. The molecule has 2 heterocycles. The number of nitrogens with two attached hydrogens (primary N) is 1. The second-order valence-corrected chi connectivity index (χ2v) is 6.99. The fourth-order valence-electron chi connectivity index (χ4n) is 2.86. The van der Waals surface area contributed by atoms with Crippen LogP contribution in [-0.2, 0) is 9.47 Å². The van der Waals surface area contributed by atoms with Crippen LogP contribution in [0.25, 0.3) is 0 Å². The number of nitrogens with zero attached hydrogens (tertiary/aromatic N) is 1. The number of nitrogens with one attached hydrogen (secondary N) is 1. The maximum Gasteiger partial charge on any atom is 0.410 e. The number of ether oxygens (including phenoxy) is 2. The molecule has 2 rings (SSSR count). The van der Waals surface area contributed by atoms with E-state index >= 15 is 0 Å². The van der Waals surface area contributed by atoms with E-state index in [0.29, 0.717) is 31.1 Å². The first-order valence-electron chi connectivity index (χ1n) is 8.34. The number of carbonyl (C=O) groups excluding carboxylic acids is 2. The van der Waals surface area contributed by atoms with E-state index in [9.17, 15) is 9.59 Å². The van der Waals surface area contributed by atoms with Crippen LogP contribution in [0.2, 0.25) is 0 Å². The number of H-pyrrole nitrogens is 1. The van der Waals surface area contributed by atoms with E-state index < -0.39 is 11.6 Å². The number of anilines is 1. The summed E-state index contributed by atoms with van der Waals surface area (Å²) in [6, 6.07) is 0. The molecule has 24 heavy (non-hydrogen) atoms. The molecule has 3 N–H and O–H groups in total. The summed E-state index contributed by atoms with van der Waals surface area (Å²) in [5.41, 5.74) is 7.29. The molecular formula is C17H27N3O4. The molecule has 0 atom stereocenters. The summed E-state index contributed by atoms with van der Waals surface area (Å²) in [7, 11) is 0. The van der Waals surface area contributed by atoms with Crippen molar-refractivity contribution in [3.05, 3.63) is 17.5 Å². The van der Waals surface area contributed by atoms with E-state index in [0.717, 1.165) is 18.4 Å². The van der Waals surface area contributed by atoms with Gasteiger partial charge in [-0.1, -0.05) is 0 Å². The van der Waals surface area contributed by atoms with Crippen LogP contribution in [0, 0.1) is 0 Å². The molecule has 134 valence electrons. The molecule has 1 aliphatic rings. The van der Waals surface area contributed by atoms with Crippen LogP contribution < -0.4 is 5.73 Å². The van der Waals surface area contributed by atoms with Gasteiger partial charge in [-0.3, -0.25) is 0 Å². The molecule has 1 fully saturated rings. The standard InChI is InChI=1S/C17H27N3O4/c1-5-23-15(21)14-13(18)12(10-19-14)11-6-8-20(9-7-11)16(22)24-17(2,3)4/h10-11,19H,5-9,18H2,1-4H3. The monoisotopic (exact) mass is 337 g/mol. The number of hydrogen-bond acceptors (Lipinski definition) is 5. The van der Waals surface area contributed by atoms with Crippen molar-refractivity contribution in [3.8, 4) is 0 Å². The van der Waals surface area contributed by atoms with Crippen molar-refractivity contribution in [2.24, 2.45) is 0 Å². The van der Waals surface area contributed by atoms with E-state index in [4.69, 9.17) is 15.2 Å². The second-order valence-electron chi connectivity index (χ2n) is 6.99. The minimum atomic E-state index is -0.493. The predicted octanol–water partition coefficient (Wildman–Crippen LogP) is 2.89. The normalized spacial score (nSPS) is 16.1. The molecule has 0 spiro atoms. The van der Waals surface area contributed by atoms with Gasteiger partial charge in [-0.25, -0.2) is 9.59 Å². The van der Waals surface area contributed by atoms with Gasteiger partial charge in [-0.05, 0) is 52.0 Å². The Hall–Kier alpha value is -2.18. The molecule has 1 aliphatic heterocycles. The number of amides is 1. The van der Waals surface area contributed by atoms with Gasteiger partial charge in [-0.15, -0.1) is 0 Å². The molecule has 0 aromatic carbocycles. The predicted molar refractivity (Wildman–Crippen MR) is 90.9 cm³/mol. The molecule has 1 amide bonds. The Labute approximate surface area is 142 Å². The lowest BCUT2D eigenvalue weighted by Gasteiger charge is -2.33. The van der Waals surface area contributed by atoms with E-state index in [2.05, 4.69) is 4.98 Å². The van der Waals surface area contributed by atoms with E-state index in [-0.39, 0.29) is 12.0 Å². The zero-order valence-corrected chi connectivity index (χ0v) is 14.8. The number of piperidine rings is 1. The highest BCUT2D eigenvalue weighted by atomic mass is 16.6. The van der Waals surface area contributed by atoms with Gasteiger partial charge in [0.15, 0.2) is 0 Å². The van der Waals surface area contributed by atoms with Crippen molar-refractivity contribution in [3.63, 3.8) is 0 Å². The Morgan fingerprint density at radius 1 is 1.33 bits per heavy atom. The Balaban J connectivity index is 1.98. The fraction of sp³-hybridized carbons (Fsp3) is 0.647. The molecule has 0 saturated carbocycles. The number of esters is 1. The molecule has 1 saturated heterocycles. The molecule has 1 aromatic heterocycles. The van der Waals surface area contributed by atoms with E-state index in [1.807, 2.05) is 20.8 Å². The Bertz CT molecular complexity index is 595. The molecule has 7 heteroatoms. The lowest BCUT2D eigenvalue weighted by molar-refractivity contribution is 0.0205. The van der Waals surface area contributed by atoms with Gasteiger partial charge < -0.3 is 25.1 Å². The summed E-state index contributed by atoms with van der Waals surface area (Å²) in [5, 5.41) is 0. The Morgan fingerprint density at radius 3 is 2.50 bits per heavy atom. The maximum atomic E-state index is 12.1. The summed E-state index contributed by atoms with van der Waals surface area (Å²) < 4.78 is 10.4. The number of nitrogen functional groups attached to an aromatic ring is 1. The SMILES string of the molecule is CCOC(=O)c1[nH]cc(C2CCN(C(=O)OC(C)(C)C)CC2)c1N. The first-order chi connectivity index (χ1) is 11.2. The summed E-state index contributed by atoms with van der Waals surface area (Å²) in [6.07, 6.45) is 3.05. The van der Waals surface area contributed by atoms with Crippen molar-refractivity contribution in [1.29, 1.82) is 0 Å². The van der Waals surface area contributed by atoms with Gasteiger partial charge in [0.1, 0.15) is 11.3 Å². The average molecular weight is 337 g/mol. The summed E-state index contributed by atoms with van der Waals surface area (Å²) in [4.78, 5) is 28.6. The van der Waals surface area contributed by atoms with Crippen molar-refractivity contribution < 1.29 is 19.1 Å². The minimum absolute atomic E-state index is 0.211. The van der Waals surface area contributed by atoms with Crippen molar-refractivity contribution in [2.75, 3.05) is 25.4 Å². The van der Waals surface area contributed by atoms with Crippen molar-refractivity contribution >= 4 is 17.7 Å². The van der Waals surface area contributed by atoms with E-state index in [1.165, 1.54) is 0 Å². The molecule has 0 bridgehead atoms. The van der Waals surface area contributed by atoms with Crippen LogP contribution in [0.3, 0.4) is 0 Å². The molecular weight excluding hydrogens is 310 g/mol. The van der Waals surface area contributed by atoms with Crippen molar-refractivity contribution in [1.82, 2.24) is 9.88 Å². The third kappa shape index (κ3) is 4.21. The van der Waals surface area contributed by atoms with Gasteiger partial charge in [-0.2, -0.15) is 0 Å². The second kappa shape index (κ2) is 7.15. The lowest BCUT2D eigenvalue weighted by atomic mass is 9.90. The molecule has 0 aliphatic carbocycles. The number of likely N-dealkylation sites (tertiary alicyclic amines) is 1. The number of hydrogen-bond donors (Lipinski definition) is 2. The topological polar surface area (TPSA) is 97.7 Å². The van der Waals surface area contributed by atoms with Gasteiger partial charge >= 0.3 is 12.1 Å². The van der Waals surface area contributed by atoms with Crippen LogP contribution in [-0.4, -0.2) is 47.2 Å². The van der Waals surface area contributed by atoms with Gasteiger partial charge in [0, 0.05) is 19.3 Å². The van der Waals surface area contributed by atoms with Gasteiger partial charge in [0.05, 0.1) is 12.3 Å². The molecule has 0 radical (unpaired) electrons. The Morgan fingerprint density at radius 2 is 1.96 bits per heavy atom. The minimum Gasteiger partial charge on any atom is -0.461 e. The smallest absolute Gasteiger partial charge is 0.410 e. The third-order valence-electron chi connectivity index (χ3n) is 4.02. The quantitative estimate of drug-likeness (QED) is 0.827. The summed E-state index contributed by atoms with van der Waals surface area (Å²) >= 11 is 0. The molecule has 1 aromatic rings. The largest absolute Gasteiger partial charge is 0.461 e. The highest BCUT2D eigenvalue weighted by molar-refractivity contribution is 5.94. The number of aromatic amines is 1. The van der Waals surface area contributed by atoms with Crippen LogP contribution in [0.4, 0.5) is 10.5 Å². The lowest BCUT2D eigenvalue weighted by Crippen LogP contribution is -2.41. The first kappa shape index (κ1) is 18.2. The number of aromatic nitrogens is 1. The van der Waals surface area contributed by atoms with Crippen LogP contribution in [0.1, 0.15) is 62.5 Å². The van der Waals surface area contributed by atoms with E-state index in [1.54, 1.807) is 18.0 Å². The van der Waals surface area contributed by atoms with Crippen LogP contribution >= 0.6 is 0 Å². The van der Waals surface area contributed by atoms with Crippen LogP contribution in [0.15, 0.2) is 6.20 Å². The zero-order valence-electron chi connectivity index (χ0n) is 14.8. The number of carbonyl (C=O) groups is 2. The summed E-state index contributed by atoms with van der Waals surface area (Å²) in [5.74, 6) is -0.226. The highest BCUT2D eigenvalue weighted by Gasteiger charge is 2.29. The maximum absolute atomic E-state index is 12.1.